The molecule has 0 atom stereocenters. The molecule has 0 aliphatic rings. The highest BCUT2D eigenvalue weighted by Crippen LogP contribution is 2.24. The summed E-state index contributed by atoms with van der Waals surface area (Å²) in [7, 11) is 0. The van der Waals surface area contributed by atoms with Gasteiger partial charge in [0.2, 0.25) is 0 Å². The minimum absolute atomic E-state index is 0.343. The van der Waals surface area contributed by atoms with Crippen LogP contribution in [-0.2, 0) is 0 Å². The third kappa shape index (κ3) is 4.01. The van der Waals surface area contributed by atoms with Crippen molar-refractivity contribution in [1.29, 1.82) is 0 Å². The summed E-state index contributed by atoms with van der Waals surface area (Å²) in [6, 6.07) is 8.27. The number of aliphatic imine (C=N–C) groups is 1. The van der Waals surface area contributed by atoms with Gasteiger partial charge in [0.15, 0.2) is 0 Å². The van der Waals surface area contributed by atoms with E-state index in [0.29, 0.717) is 6.01 Å². The van der Waals surface area contributed by atoms with Gasteiger partial charge in [-0.3, -0.25) is 4.99 Å². The second-order valence-electron chi connectivity index (χ2n) is 4.97. The summed E-state index contributed by atoms with van der Waals surface area (Å²) in [5.74, 6) is 0.779. The highest BCUT2D eigenvalue weighted by Gasteiger charge is 2.07. The summed E-state index contributed by atoms with van der Waals surface area (Å²) in [6.45, 7) is 8.74. The standard InChI is InChI=1S/C18H21N3O/c1-5-15(12-19-6-2)16-9-10-20-18(21-16)22-17-11-13(3)7-8-14(17)4/h5,7-12H,6H2,1-4H3/b15-5+,19-12?. The molecule has 2 aromatic rings. The van der Waals surface area contributed by atoms with E-state index in [0.717, 1.165) is 34.7 Å². The molecule has 0 N–H and O–H groups in total. The number of nitrogens with zero attached hydrogens (tertiary/aromatic N) is 3. The average Bonchev–Trinajstić information content (AvgIpc) is 2.52. The number of allylic oxidation sites excluding steroid dienone is 2. The highest BCUT2D eigenvalue weighted by atomic mass is 16.5. The maximum Gasteiger partial charge on any atom is 0.322 e. The quantitative estimate of drug-likeness (QED) is 0.769. The first-order chi connectivity index (χ1) is 10.6. The van der Waals surface area contributed by atoms with Crippen LogP contribution in [0.25, 0.3) is 5.57 Å². The molecule has 1 aromatic heterocycles. The molecule has 0 fully saturated rings. The van der Waals surface area contributed by atoms with Crippen molar-refractivity contribution in [1.82, 2.24) is 9.97 Å². The summed E-state index contributed by atoms with van der Waals surface area (Å²) in [4.78, 5) is 12.9. The van der Waals surface area contributed by atoms with Crippen molar-refractivity contribution in [3.63, 3.8) is 0 Å². The Balaban J connectivity index is 2.28. The van der Waals surface area contributed by atoms with Crippen LogP contribution in [0.15, 0.2) is 41.5 Å². The predicted octanol–water partition coefficient (Wildman–Crippen LogP) is 4.38. The van der Waals surface area contributed by atoms with Crippen LogP contribution < -0.4 is 4.74 Å². The number of hydrogen-bond donors (Lipinski definition) is 0. The third-order valence-corrected chi connectivity index (χ3v) is 3.20. The first-order valence-electron chi connectivity index (χ1n) is 7.38. The van der Waals surface area contributed by atoms with Crippen LogP contribution in [-0.4, -0.2) is 22.7 Å². The molecule has 0 amide bonds. The monoisotopic (exact) mass is 295 g/mol. The third-order valence-electron chi connectivity index (χ3n) is 3.20. The van der Waals surface area contributed by atoms with Crippen LogP contribution >= 0.6 is 0 Å². The lowest BCUT2D eigenvalue weighted by molar-refractivity contribution is 0.438. The van der Waals surface area contributed by atoms with Crippen molar-refractivity contribution in [2.75, 3.05) is 6.54 Å². The molecule has 22 heavy (non-hydrogen) atoms. The van der Waals surface area contributed by atoms with Crippen LogP contribution in [0.3, 0.4) is 0 Å². The number of benzene rings is 1. The SMILES string of the molecule is C/C=C(\C=NCC)c1ccnc(Oc2cc(C)ccc2C)n1. The Kier molecular flexibility index (Phi) is 5.42. The zero-order chi connectivity index (χ0) is 15.9. The van der Waals surface area contributed by atoms with Gasteiger partial charge < -0.3 is 4.74 Å². The van der Waals surface area contributed by atoms with Gasteiger partial charge in [0.25, 0.3) is 0 Å². The van der Waals surface area contributed by atoms with Gasteiger partial charge in [-0.25, -0.2) is 4.98 Å². The summed E-state index contributed by atoms with van der Waals surface area (Å²) in [5.41, 5.74) is 3.95. The van der Waals surface area contributed by atoms with Gasteiger partial charge in [-0.1, -0.05) is 18.2 Å². The van der Waals surface area contributed by atoms with Crippen molar-refractivity contribution in [2.45, 2.75) is 27.7 Å². The first-order valence-corrected chi connectivity index (χ1v) is 7.38. The number of rotatable bonds is 5. The fourth-order valence-electron chi connectivity index (χ4n) is 1.94. The zero-order valence-corrected chi connectivity index (χ0v) is 13.5. The highest BCUT2D eigenvalue weighted by molar-refractivity contribution is 6.08. The molecule has 1 heterocycles. The zero-order valence-electron chi connectivity index (χ0n) is 13.5. The smallest absolute Gasteiger partial charge is 0.322 e. The van der Waals surface area contributed by atoms with Gasteiger partial charge >= 0.3 is 6.01 Å². The van der Waals surface area contributed by atoms with Crippen molar-refractivity contribution >= 4 is 11.8 Å². The molecular formula is C18H21N3O. The van der Waals surface area contributed by atoms with Crippen molar-refractivity contribution in [3.8, 4) is 11.8 Å². The normalized spacial score (nSPS) is 11.9. The topological polar surface area (TPSA) is 47.4 Å². The maximum atomic E-state index is 5.84. The largest absolute Gasteiger partial charge is 0.424 e. The van der Waals surface area contributed by atoms with Gasteiger partial charge in [0.1, 0.15) is 5.75 Å². The second-order valence-corrected chi connectivity index (χ2v) is 4.97. The van der Waals surface area contributed by atoms with Crippen LogP contribution in [0, 0.1) is 13.8 Å². The van der Waals surface area contributed by atoms with E-state index in [-0.39, 0.29) is 0 Å². The molecule has 2 rings (SSSR count). The lowest BCUT2D eigenvalue weighted by Gasteiger charge is -2.09. The van der Waals surface area contributed by atoms with E-state index in [1.54, 1.807) is 6.20 Å². The lowest BCUT2D eigenvalue weighted by Crippen LogP contribution is -1.98. The Bertz CT molecular complexity index is 705. The van der Waals surface area contributed by atoms with E-state index >= 15 is 0 Å². The van der Waals surface area contributed by atoms with Crippen LogP contribution in [0.2, 0.25) is 0 Å². The Labute approximate surface area is 131 Å². The number of aryl methyl sites for hydroxylation is 2. The molecule has 0 spiro atoms. The Morgan fingerprint density at radius 3 is 2.82 bits per heavy atom. The molecule has 0 aliphatic carbocycles. The Morgan fingerprint density at radius 1 is 1.27 bits per heavy atom. The Hall–Kier alpha value is -2.49. The van der Waals surface area contributed by atoms with E-state index in [4.69, 9.17) is 4.74 Å². The molecule has 0 aliphatic heterocycles. The molecule has 1 aromatic carbocycles. The van der Waals surface area contributed by atoms with E-state index < -0.39 is 0 Å². The number of hydrogen-bond acceptors (Lipinski definition) is 4. The number of ether oxygens (including phenoxy) is 1. The van der Waals surface area contributed by atoms with E-state index in [9.17, 15) is 0 Å². The maximum absolute atomic E-state index is 5.84. The van der Waals surface area contributed by atoms with Gasteiger partial charge in [-0.05, 0) is 51.0 Å². The molecule has 0 radical (unpaired) electrons. The van der Waals surface area contributed by atoms with E-state index in [1.807, 2.05) is 58.2 Å². The van der Waals surface area contributed by atoms with Crippen molar-refractivity contribution < 1.29 is 4.74 Å². The summed E-state index contributed by atoms with van der Waals surface area (Å²) in [6.07, 6.45) is 5.50. The molecular weight excluding hydrogens is 274 g/mol. The van der Waals surface area contributed by atoms with Gasteiger partial charge in [-0.15, -0.1) is 0 Å². The summed E-state index contributed by atoms with van der Waals surface area (Å²) >= 11 is 0. The van der Waals surface area contributed by atoms with Crippen molar-refractivity contribution in [2.24, 2.45) is 4.99 Å². The van der Waals surface area contributed by atoms with E-state index in [1.165, 1.54) is 0 Å². The van der Waals surface area contributed by atoms with Crippen LogP contribution in [0.1, 0.15) is 30.7 Å². The minimum atomic E-state index is 0.343. The molecule has 0 unspecified atom stereocenters. The van der Waals surface area contributed by atoms with Crippen LogP contribution in [0.5, 0.6) is 11.8 Å². The molecule has 4 nitrogen and oxygen atoms in total. The fourth-order valence-corrected chi connectivity index (χ4v) is 1.94. The predicted molar refractivity (Wildman–Crippen MR) is 90.7 cm³/mol. The van der Waals surface area contributed by atoms with Gasteiger partial charge in [0.05, 0.1) is 5.69 Å². The van der Waals surface area contributed by atoms with Crippen LogP contribution in [0.4, 0.5) is 0 Å². The van der Waals surface area contributed by atoms with E-state index in [2.05, 4.69) is 21.0 Å². The second kappa shape index (κ2) is 7.50. The minimum Gasteiger partial charge on any atom is -0.424 e. The molecule has 4 heteroatoms. The molecule has 0 bridgehead atoms. The molecule has 0 saturated heterocycles. The van der Waals surface area contributed by atoms with Crippen molar-refractivity contribution in [3.05, 3.63) is 53.4 Å². The molecule has 0 saturated carbocycles. The van der Waals surface area contributed by atoms with Gasteiger partial charge in [0, 0.05) is 24.5 Å². The molecule has 114 valence electrons. The lowest BCUT2D eigenvalue weighted by atomic mass is 10.1. The summed E-state index contributed by atoms with van der Waals surface area (Å²) < 4.78 is 5.84. The number of aromatic nitrogens is 2. The fraction of sp³-hybridized carbons (Fsp3) is 0.278. The Morgan fingerprint density at radius 2 is 2.09 bits per heavy atom. The van der Waals surface area contributed by atoms with Gasteiger partial charge in [-0.2, -0.15) is 4.98 Å². The summed E-state index contributed by atoms with van der Waals surface area (Å²) in [5, 5.41) is 0. The first kappa shape index (κ1) is 15.9. The average molecular weight is 295 g/mol.